The predicted molar refractivity (Wildman–Crippen MR) is 121 cm³/mol. The number of sulfonamides is 1. The van der Waals surface area contributed by atoms with Gasteiger partial charge in [-0.1, -0.05) is 18.2 Å². The van der Waals surface area contributed by atoms with E-state index < -0.39 is 10.0 Å². The van der Waals surface area contributed by atoms with Gasteiger partial charge in [0, 0.05) is 45.0 Å². The minimum absolute atomic E-state index is 0.0988. The molecule has 1 amide bonds. The highest BCUT2D eigenvalue weighted by Crippen LogP contribution is 2.28. The van der Waals surface area contributed by atoms with Crippen molar-refractivity contribution in [3.05, 3.63) is 46.8 Å². The maximum Gasteiger partial charge on any atom is 0.252 e. The summed E-state index contributed by atoms with van der Waals surface area (Å²) < 4.78 is 27.6. The van der Waals surface area contributed by atoms with E-state index in [1.807, 2.05) is 4.90 Å². The molecule has 1 aromatic heterocycles. The topological polar surface area (TPSA) is 60.9 Å². The molecule has 0 radical (unpaired) electrons. The van der Waals surface area contributed by atoms with Crippen LogP contribution in [0.1, 0.15) is 24.0 Å². The second kappa shape index (κ2) is 8.69. The second-order valence-corrected chi connectivity index (χ2v) is 11.3. The summed E-state index contributed by atoms with van der Waals surface area (Å²) in [5, 5.41) is 1.77. The average molecular weight is 448 g/mol. The first-order valence-corrected chi connectivity index (χ1v) is 12.8. The number of nitrogens with zero attached hydrogens (tertiary/aromatic N) is 3. The Kier molecular flexibility index (Phi) is 6.18. The standard InChI is InChI=1S/C22H29N3O3S2/c1-17-6-3-8-20(18(17)2)23-11-13-24(14-12-23)22(26)19-7-4-10-25(16-19)30(27,28)21-9-5-15-29-21/h3,5-6,8-9,15,19H,4,7,10-14,16H2,1-2H3. The van der Waals surface area contributed by atoms with Gasteiger partial charge in [0.2, 0.25) is 5.91 Å². The number of amides is 1. The van der Waals surface area contributed by atoms with Crippen LogP contribution < -0.4 is 4.90 Å². The molecule has 4 rings (SSSR count). The molecule has 162 valence electrons. The Morgan fingerprint density at radius 1 is 1.03 bits per heavy atom. The van der Waals surface area contributed by atoms with Gasteiger partial charge in [0.05, 0.1) is 5.92 Å². The lowest BCUT2D eigenvalue weighted by atomic mass is 9.97. The Balaban J connectivity index is 1.39. The fraction of sp³-hybridized carbons (Fsp3) is 0.500. The van der Waals surface area contributed by atoms with Gasteiger partial charge in [-0.2, -0.15) is 4.31 Å². The highest BCUT2D eigenvalue weighted by molar-refractivity contribution is 7.91. The first-order chi connectivity index (χ1) is 14.4. The zero-order valence-corrected chi connectivity index (χ0v) is 19.2. The number of carbonyl (C=O) groups is 1. The SMILES string of the molecule is Cc1cccc(N2CCN(C(=O)C3CCCN(S(=O)(=O)c4cccs4)C3)CC2)c1C. The van der Waals surface area contributed by atoms with Gasteiger partial charge in [-0.25, -0.2) is 8.42 Å². The number of carbonyl (C=O) groups excluding carboxylic acids is 1. The molecule has 2 aromatic rings. The molecule has 8 heteroatoms. The van der Waals surface area contributed by atoms with Crippen molar-refractivity contribution in [3.63, 3.8) is 0 Å². The summed E-state index contributed by atoms with van der Waals surface area (Å²) in [6.45, 7) is 8.02. The van der Waals surface area contributed by atoms with Gasteiger partial charge in [0.15, 0.2) is 0 Å². The molecule has 2 saturated heterocycles. The van der Waals surface area contributed by atoms with Crippen LogP contribution in [0.5, 0.6) is 0 Å². The zero-order valence-electron chi connectivity index (χ0n) is 17.6. The van der Waals surface area contributed by atoms with Gasteiger partial charge in [0.25, 0.3) is 10.0 Å². The van der Waals surface area contributed by atoms with Crippen LogP contribution in [0.3, 0.4) is 0 Å². The minimum atomic E-state index is -3.50. The number of thiophene rings is 1. The number of anilines is 1. The van der Waals surface area contributed by atoms with Crippen LogP contribution in [-0.2, 0) is 14.8 Å². The Hall–Kier alpha value is -1.90. The number of piperidine rings is 1. The quantitative estimate of drug-likeness (QED) is 0.723. The molecule has 1 atom stereocenters. The molecule has 30 heavy (non-hydrogen) atoms. The lowest BCUT2D eigenvalue weighted by Crippen LogP contribution is -2.53. The minimum Gasteiger partial charge on any atom is -0.368 e. The fourth-order valence-electron chi connectivity index (χ4n) is 4.40. The number of hydrogen-bond acceptors (Lipinski definition) is 5. The summed E-state index contributed by atoms with van der Waals surface area (Å²) in [4.78, 5) is 17.4. The summed E-state index contributed by atoms with van der Waals surface area (Å²) >= 11 is 1.23. The monoisotopic (exact) mass is 447 g/mol. The van der Waals surface area contributed by atoms with Crippen LogP contribution in [0.25, 0.3) is 0 Å². The highest BCUT2D eigenvalue weighted by atomic mass is 32.2. The lowest BCUT2D eigenvalue weighted by Gasteiger charge is -2.40. The fourth-order valence-corrected chi connectivity index (χ4v) is 7.07. The largest absolute Gasteiger partial charge is 0.368 e. The normalized spacial score (nSPS) is 21.1. The Morgan fingerprint density at radius 2 is 1.80 bits per heavy atom. The third kappa shape index (κ3) is 4.13. The van der Waals surface area contributed by atoms with Crippen LogP contribution in [0.4, 0.5) is 5.69 Å². The first-order valence-electron chi connectivity index (χ1n) is 10.5. The zero-order chi connectivity index (χ0) is 21.3. The molecule has 2 aliphatic heterocycles. The number of piperazine rings is 1. The van der Waals surface area contributed by atoms with E-state index in [1.54, 1.807) is 17.5 Å². The van der Waals surface area contributed by atoms with E-state index in [0.717, 1.165) is 25.9 Å². The predicted octanol–water partition coefficient (Wildman–Crippen LogP) is 3.11. The summed E-state index contributed by atoms with van der Waals surface area (Å²) in [5.74, 6) is -0.151. The maximum atomic E-state index is 13.2. The average Bonchev–Trinajstić information content (AvgIpc) is 3.31. The molecule has 0 N–H and O–H groups in total. The van der Waals surface area contributed by atoms with Gasteiger partial charge in [-0.05, 0) is 55.3 Å². The molecule has 2 fully saturated rings. The molecule has 6 nitrogen and oxygen atoms in total. The van der Waals surface area contributed by atoms with E-state index >= 15 is 0 Å². The third-order valence-corrected chi connectivity index (χ3v) is 9.57. The molecular formula is C22H29N3O3S2. The van der Waals surface area contributed by atoms with Gasteiger partial charge < -0.3 is 9.80 Å². The van der Waals surface area contributed by atoms with Crippen molar-refractivity contribution in [2.24, 2.45) is 5.92 Å². The molecule has 0 bridgehead atoms. The van der Waals surface area contributed by atoms with E-state index in [0.29, 0.717) is 23.8 Å². The van der Waals surface area contributed by atoms with Gasteiger partial charge >= 0.3 is 0 Å². The Morgan fingerprint density at radius 3 is 2.50 bits per heavy atom. The van der Waals surface area contributed by atoms with Crippen LogP contribution in [0, 0.1) is 19.8 Å². The van der Waals surface area contributed by atoms with Crippen molar-refractivity contribution in [2.45, 2.75) is 30.9 Å². The second-order valence-electron chi connectivity index (χ2n) is 8.17. The Bertz CT molecular complexity index is 997. The van der Waals surface area contributed by atoms with E-state index in [-0.39, 0.29) is 18.4 Å². The van der Waals surface area contributed by atoms with E-state index in [2.05, 4.69) is 36.9 Å². The van der Waals surface area contributed by atoms with E-state index in [4.69, 9.17) is 0 Å². The first kappa shape index (κ1) is 21.3. The molecule has 0 saturated carbocycles. The van der Waals surface area contributed by atoms with E-state index in [9.17, 15) is 13.2 Å². The molecule has 1 unspecified atom stereocenters. The number of rotatable bonds is 4. The van der Waals surface area contributed by atoms with Crippen molar-refractivity contribution in [1.29, 1.82) is 0 Å². The number of aryl methyl sites for hydroxylation is 1. The molecule has 3 heterocycles. The summed E-state index contributed by atoms with van der Waals surface area (Å²) in [5.41, 5.74) is 3.81. The summed E-state index contributed by atoms with van der Waals surface area (Å²) in [7, 11) is -3.50. The third-order valence-electron chi connectivity index (χ3n) is 6.33. The molecular weight excluding hydrogens is 418 g/mol. The molecule has 0 aliphatic carbocycles. The van der Waals surface area contributed by atoms with E-state index in [1.165, 1.54) is 32.5 Å². The summed E-state index contributed by atoms with van der Waals surface area (Å²) in [6.07, 6.45) is 1.48. The van der Waals surface area contributed by atoms with Crippen molar-refractivity contribution in [1.82, 2.24) is 9.21 Å². The van der Waals surface area contributed by atoms with Crippen molar-refractivity contribution in [2.75, 3.05) is 44.2 Å². The van der Waals surface area contributed by atoms with Crippen LogP contribution >= 0.6 is 11.3 Å². The van der Waals surface area contributed by atoms with Crippen LogP contribution in [-0.4, -0.2) is 62.8 Å². The van der Waals surface area contributed by atoms with Crippen LogP contribution in [0.15, 0.2) is 39.9 Å². The van der Waals surface area contributed by atoms with Gasteiger partial charge in [0.1, 0.15) is 4.21 Å². The van der Waals surface area contributed by atoms with Crippen molar-refractivity contribution < 1.29 is 13.2 Å². The number of hydrogen-bond donors (Lipinski definition) is 0. The van der Waals surface area contributed by atoms with Gasteiger partial charge in [-0.3, -0.25) is 4.79 Å². The van der Waals surface area contributed by atoms with Crippen molar-refractivity contribution in [3.8, 4) is 0 Å². The maximum absolute atomic E-state index is 13.2. The summed E-state index contributed by atoms with van der Waals surface area (Å²) in [6, 6.07) is 9.74. The number of benzene rings is 1. The van der Waals surface area contributed by atoms with Crippen molar-refractivity contribution >= 4 is 33.0 Å². The smallest absolute Gasteiger partial charge is 0.252 e. The molecule has 2 aliphatic rings. The lowest BCUT2D eigenvalue weighted by molar-refractivity contribution is -0.137. The molecule has 0 spiro atoms. The van der Waals surface area contributed by atoms with Crippen LogP contribution in [0.2, 0.25) is 0 Å². The highest BCUT2D eigenvalue weighted by Gasteiger charge is 2.36. The van der Waals surface area contributed by atoms with Gasteiger partial charge in [-0.15, -0.1) is 11.3 Å². The molecule has 1 aromatic carbocycles. The Labute approximate surface area is 183 Å².